The number of aromatic hydroxyl groups is 2. The van der Waals surface area contributed by atoms with E-state index in [1.165, 1.54) is 0 Å². The molecule has 0 heterocycles. The van der Waals surface area contributed by atoms with Crippen LogP contribution in [-0.2, 0) is 15.6 Å². The first-order valence-corrected chi connectivity index (χ1v) is 10.8. The summed E-state index contributed by atoms with van der Waals surface area (Å²) >= 11 is 0. The van der Waals surface area contributed by atoms with Crippen LogP contribution in [-0.4, -0.2) is 15.8 Å². The quantitative estimate of drug-likeness (QED) is 0.560. The number of phenolic OH excluding ortho intramolecular Hbond substituents is 2. The summed E-state index contributed by atoms with van der Waals surface area (Å²) in [5, 5.41) is 22.6. The number of aryl methyl sites for hydroxylation is 2. The van der Waals surface area contributed by atoms with Crippen LogP contribution in [0.3, 0.4) is 0 Å². The van der Waals surface area contributed by atoms with Crippen molar-refractivity contribution in [3.8, 4) is 11.5 Å². The van der Waals surface area contributed by atoms with Crippen LogP contribution in [0.2, 0.25) is 0 Å². The van der Waals surface area contributed by atoms with E-state index in [2.05, 4.69) is 41.5 Å². The lowest BCUT2D eigenvalue weighted by molar-refractivity contribution is -0.0445. The molecule has 0 aromatic heterocycles. The highest BCUT2D eigenvalue weighted by atomic mass is 16.5. The smallest absolute Gasteiger partial charge is 0.125 e. The predicted molar refractivity (Wildman–Crippen MR) is 126 cm³/mol. The molecular weight excluding hydrogens is 372 g/mol. The van der Waals surface area contributed by atoms with E-state index in [0.717, 1.165) is 22.3 Å². The summed E-state index contributed by atoms with van der Waals surface area (Å²) in [4.78, 5) is 0. The van der Waals surface area contributed by atoms with Gasteiger partial charge in [-0.1, -0.05) is 64.8 Å². The summed E-state index contributed by atoms with van der Waals surface area (Å²) in [5.74, 6) is 0.473. The van der Waals surface area contributed by atoms with Gasteiger partial charge in [-0.3, -0.25) is 0 Å². The van der Waals surface area contributed by atoms with E-state index in [4.69, 9.17) is 4.74 Å². The van der Waals surface area contributed by atoms with Crippen molar-refractivity contribution in [1.82, 2.24) is 0 Å². The molecular formula is C27H40O3. The summed E-state index contributed by atoms with van der Waals surface area (Å²) in [6.07, 6.45) is -0.591. The van der Waals surface area contributed by atoms with Crippen LogP contribution in [0.1, 0.15) is 102 Å². The fraction of sp³-hybridized carbons (Fsp3) is 0.556. The van der Waals surface area contributed by atoms with E-state index in [1.807, 2.05) is 58.9 Å². The minimum absolute atomic E-state index is 0.220. The highest BCUT2D eigenvalue weighted by molar-refractivity contribution is 5.55. The number of benzene rings is 2. The van der Waals surface area contributed by atoms with E-state index < -0.39 is 11.7 Å². The van der Waals surface area contributed by atoms with Crippen LogP contribution < -0.4 is 0 Å². The van der Waals surface area contributed by atoms with E-state index in [0.29, 0.717) is 11.1 Å². The van der Waals surface area contributed by atoms with Crippen LogP contribution in [0.15, 0.2) is 24.3 Å². The van der Waals surface area contributed by atoms with Crippen LogP contribution in [0.25, 0.3) is 0 Å². The number of hydrogen-bond donors (Lipinski definition) is 2. The molecule has 0 radical (unpaired) electrons. The summed E-state index contributed by atoms with van der Waals surface area (Å²) in [6.45, 7) is 22.6. The molecule has 0 fully saturated rings. The standard InChI is InChI=1S/C27H40O3/c1-16-12-18(22(28)20(14-16)25(3,4)5)24(30-27(9,10)11)19-13-17(2)15-21(23(19)29)26(6,7)8/h12-15,24,28-29H,1-11H3. The van der Waals surface area contributed by atoms with Crippen molar-refractivity contribution >= 4 is 0 Å². The molecule has 2 N–H and O–H groups in total. The zero-order valence-corrected chi connectivity index (χ0v) is 20.7. The Kier molecular flexibility index (Phi) is 6.41. The van der Waals surface area contributed by atoms with Crippen LogP contribution >= 0.6 is 0 Å². The van der Waals surface area contributed by atoms with Crippen molar-refractivity contribution in [3.05, 3.63) is 57.6 Å². The van der Waals surface area contributed by atoms with E-state index in [-0.39, 0.29) is 22.3 Å². The minimum atomic E-state index is -0.591. The molecule has 0 aliphatic heterocycles. The molecule has 0 bridgehead atoms. The van der Waals surface area contributed by atoms with Gasteiger partial charge in [-0.25, -0.2) is 0 Å². The maximum absolute atomic E-state index is 11.3. The zero-order valence-electron chi connectivity index (χ0n) is 20.7. The minimum Gasteiger partial charge on any atom is -0.507 e. The second-order valence-corrected chi connectivity index (χ2v) is 11.6. The molecule has 166 valence electrons. The third kappa shape index (κ3) is 5.37. The monoisotopic (exact) mass is 412 g/mol. The Morgan fingerprint density at radius 2 is 0.967 bits per heavy atom. The van der Waals surface area contributed by atoms with Gasteiger partial charge >= 0.3 is 0 Å². The first-order valence-electron chi connectivity index (χ1n) is 10.8. The van der Waals surface area contributed by atoms with Gasteiger partial charge in [0.15, 0.2) is 0 Å². The highest BCUT2D eigenvalue weighted by Gasteiger charge is 2.32. The Balaban J connectivity index is 2.87. The van der Waals surface area contributed by atoms with Crippen molar-refractivity contribution < 1.29 is 14.9 Å². The molecule has 30 heavy (non-hydrogen) atoms. The molecule has 0 saturated carbocycles. The van der Waals surface area contributed by atoms with E-state index in [1.54, 1.807) is 0 Å². The zero-order chi connectivity index (χ0) is 23.2. The number of phenols is 2. The lowest BCUT2D eigenvalue weighted by Crippen LogP contribution is -2.25. The topological polar surface area (TPSA) is 49.7 Å². The van der Waals surface area contributed by atoms with Gasteiger partial charge < -0.3 is 14.9 Å². The fourth-order valence-electron chi connectivity index (χ4n) is 3.80. The Labute approximate surface area is 183 Å². The molecule has 3 nitrogen and oxygen atoms in total. The van der Waals surface area contributed by atoms with Crippen LogP contribution in [0.5, 0.6) is 11.5 Å². The van der Waals surface area contributed by atoms with Gasteiger partial charge in [0.05, 0.1) is 5.60 Å². The average Bonchev–Trinajstić information content (AvgIpc) is 2.53. The predicted octanol–water partition coefficient (Wildman–Crippen LogP) is 7.21. The van der Waals surface area contributed by atoms with Gasteiger partial charge in [0.2, 0.25) is 0 Å². The summed E-state index contributed by atoms with van der Waals surface area (Å²) < 4.78 is 6.50. The van der Waals surface area contributed by atoms with Gasteiger partial charge in [-0.05, 0) is 68.7 Å². The second-order valence-electron chi connectivity index (χ2n) is 11.6. The SMILES string of the molecule is Cc1cc(C(OC(C)(C)C)c2cc(C)cc(C(C)(C)C)c2O)c(O)c(C(C)(C)C)c1. The lowest BCUT2D eigenvalue weighted by Gasteiger charge is -2.32. The molecule has 2 aromatic rings. The summed E-state index contributed by atoms with van der Waals surface area (Å²) in [5.41, 5.74) is 4.33. The maximum Gasteiger partial charge on any atom is 0.125 e. The van der Waals surface area contributed by atoms with Crippen molar-refractivity contribution in [3.63, 3.8) is 0 Å². The fourth-order valence-corrected chi connectivity index (χ4v) is 3.80. The molecule has 0 unspecified atom stereocenters. The molecule has 0 aliphatic carbocycles. The second kappa shape index (κ2) is 7.92. The van der Waals surface area contributed by atoms with Gasteiger partial charge in [-0.2, -0.15) is 0 Å². The van der Waals surface area contributed by atoms with Crippen molar-refractivity contribution in [2.75, 3.05) is 0 Å². The van der Waals surface area contributed by atoms with Crippen molar-refractivity contribution in [2.45, 2.75) is 98.7 Å². The first kappa shape index (κ1) is 24.3. The first-order chi connectivity index (χ1) is 13.4. The molecule has 0 spiro atoms. The average molecular weight is 413 g/mol. The normalized spacial score (nSPS) is 13.2. The summed E-state index contributed by atoms with van der Waals surface area (Å²) in [7, 11) is 0. The van der Waals surface area contributed by atoms with Gasteiger partial charge in [0, 0.05) is 11.1 Å². The van der Waals surface area contributed by atoms with Gasteiger partial charge in [-0.15, -0.1) is 0 Å². The summed E-state index contributed by atoms with van der Waals surface area (Å²) in [6, 6.07) is 8.01. The van der Waals surface area contributed by atoms with Crippen molar-refractivity contribution in [2.24, 2.45) is 0 Å². The van der Waals surface area contributed by atoms with Gasteiger partial charge in [0.25, 0.3) is 0 Å². The Morgan fingerprint density at radius 1 is 0.633 bits per heavy atom. The Bertz CT molecular complexity index is 850. The highest BCUT2D eigenvalue weighted by Crippen LogP contribution is 2.46. The molecule has 2 rings (SSSR count). The van der Waals surface area contributed by atoms with Crippen LogP contribution in [0, 0.1) is 13.8 Å². The molecule has 0 atom stereocenters. The number of hydrogen-bond acceptors (Lipinski definition) is 3. The van der Waals surface area contributed by atoms with E-state index in [9.17, 15) is 10.2 Å². The third-order valence-corrected chi connectivity index (χ3v) is 5.22. The molecule has 3 heteroatoms. The molecule has 0 saturated heterocycles. The lowest BCUT2D eigenvalue weighted by atomic mass is 9.80. The number of rotatable bonds is 3. The number of ether oxygens (including phenoxy) is 1. The Hall–Kier alpha value is -2.00. The third-order valence-electron chi connectivity index (χ3n) is 5.22. The maximum atomic E-state index is 11.3. The molecule has 2 aromatic carbocycles. The van der Waals surface area contributed by atoms with Crippen LogP contribution in [0.4, 0.5) is 0 Å². The largest absolute Gasteiger partial charge is 0.507 e. The molecule has 0 aliphatic rings. The van der Waals surface area contributed by atoms with Crippen molar-refractivity contribution in [1.29, 1.82) is 0 Å². The van der Waals surface area contributed by atoms with E-state index >= 15 is 0 Å². The molecule has 0 amide bonds. The Morgan fingerprint density at radius 3 is 1.23 bits per heavy atom. The van der Waals surface area contributed by atoms with Gasteiger partial charge in [0.1, 0.15) is 17.6 Å².